The standard InChI is InChI=1S/C28H33BrO5/c1-16(30)27(34-24(32)17-4-6-18(29)7-5-17)15-10-21-19-8-14-28-23(33-28)22(31)11-13-26(28,3)20(19)9-12-25(21,27)2/h4-7,19-21,23H,8-15H2,1-3H3/t19-,20+,21+,23-,25+,26-,27+,28-/m1/s1. The SMILES string of the molecule is CC(=O)[C@@]1(OC(=O)c2ccc(Br)cc2)CC[C@H]2[C@@H]3CC[C@@]45O[C@@H]4C(=O)CC[C@]5(C)[C@H]3CC[C@@]21C. The molecule has 1 spiro atoms. The molecule has 1 aliphatic heterocycles. The van der Waals surface area contributed by atoms with Crippen molar-refractivity contribution in [2.24, 2.45) is 28.6 Å². The number of epoxide rings is 1. The first-order chi connectivity index (χ1) is 16.1. The number of rotatable bonds is 3. The Morgan fingerprint density at radius 2 is 1.65 bits per heavy atom. The van der Waals surface area contributed by atoms with Crippen LogP contribution in [0.1, 0.15) is 82.5 Å². The second-order valence-electron chi connectivity index (χ2n) is 12.0. The van der Waals surface area contributed by atoms with E-state index >= 15 is 0 Å². The first kappa shape index (κ1) is 22.9. The van der Waals surface area contributed by atoms with Gasteiger partial charge in [0.1, 0.15) is 11.7 Å². The van der Waals surface area contributed by atoms with E-state index in [1.54, 1.807) is 19.1 Å². The summed E-state index contributed by atoms with van der Waals surface area (Å²) in [7, 11) is 0. The largest absolute Gasteiger partial charge is 0.447 e. The molecule has 0 radical (unpaired) electrons. The topological polar surface area (TPSA) is 73.0 Å². The Morgan fingerprint density at radius 1 is 0.971 bits per heavy atom. The molecule has 6 rings (SSSR count). The molecule has 0 bridgehead atoms. The molecule has 5 fully saturated rings. The molecule has 0 aromatic heterocycles. The van der Waals surface area contributed by atoms with Crippen LogP contribution in [0.3, 0.4) is 0 Å². The van der Waals surface area contributed by atoms with Gasteiger partial charge in [0.2, 0.25) is 0 Å². The van der Waals surface area contributed by atoms with Gasteiger partial charge in [0, 0.05) is 21.7 Å². The zero-order chi connectivity index (χ0) is 24.1. The van der Waals surface area contributed by atoms with E-state index in [0.717, 1.165) is 43.0 Å². The summed E-state index contributed by atoms with van der Waals surface area (Å²) >= 11 is 3.41. The quantitative estimate of drug-likeness (QED) is 0.372. The van der Waals surface area contributed by atoms with Crippen LogP contribution < -0.4 is 0 Å². The van der Waals surface area contributed by atoms with Gasteiger partial charge in [-0.05, 0) is 93.9 Å². The number of Topliss-reactive ketones (excluding diaryl/α,β-unsaturated/α-hetero) is 2. The van der Waals surface area contributed by atoms with Gasteiger partial charge in [-0.3, -0.25) is 9.59 Å². The molecule has 1 saturated heterocycles. The number of benzene rings is 1. The average Bonchev–Trinajstić information content (AvgIpc) is 3.48. The molecule has 4 aliphatic carbocycles. The lowest BCUT2D eigenvalue weighted by atomic mass is 9.44. The molecule has 4 saturated carbocycles. The summed E-state index contributed by atoms with van der Waals surface area (Å²) in [6, 6.07) is 7.12. The van der Waals surface area contributed by atoms with Crippen LogP contribution >= 0.6 is 15.9 Å². The van der Waals surface area contributed by atoms with Crippen molar-refractivity contribution in [2.75, 3.05) is 0 Å². The average molecular weight is 529 g/mol. The Balaban J connectivity index is 1.31. The second-order valence-corrected chi connectivity index (χ2v) is 12.9. The zero-order valence-electron chi connectivity index (χ0n) is 20.2. The van der Waals surface area contributed by atoms with Crippen LogP contribution in [0.15, 0.2) is 28.7 Å². The van der Waals surface area contributed by atoms with Gasteiger partial charge >= 0.3 is 5.97 Å². The van der Waals surface area contributed by atoms with Crippen molar-refractivity contribution in [3.63, 3.8) is 0 Å². The maximum absolute atomic E-state index is 13.3. The van der Waals surface area contributed by atoms with E-state index in [0.29, 0.717) is 36.2 Å². The molecule has 182 valence electrons. The first-order valence-corrected chi connectivity index (χ1v) is 13.6. The van der Waals surface area contributed by atoms with E-state index < -0.39 is 11.6 Å². The van der Waals surface area contributed by atoms with Gasteiger partial charge in [-0.25, -0.2) is 4.79 Å². The Kier molecular flexibility index (Phi) is 4.89. The molecular formula is C28H33BrO5. The summed E-state index contributed by atoms with van der Waals surface area (Å²) in [6.07, 6.45) is 6.64. The van der Waals surface area contributed by atoms with E-state index in [9.17, 15) is 14.4 Å². The van der Waals surface area contributed by atoms with Gasteiger partial charge in [-0.15, -0.1) is 0 Å². The Hall–Kier alpha value is -1.53. The predicted molar refractivity (Wildman–Crippen MR) is 129 cm³/mol. The lowest BCUT2D eigenvalue weighted by Gasteiger charge is -2.60. The first-order valence-electron chi connectivity index (χ1n) is 12.8. The van der Waals surface area contributed by atoms with E-state index in [1.807, 2.05) is 12.1 Å². The van der Waals surface area contributed by atoms with Crippen molar-refractivity contribution in [1.82, 2.24) is 0 Å². The molecule has 1 aromatic rings. The summed E-state index contributed by atoms with van der Waals surface area (Å²) < 4.78 is 13.3. The molecule has 5 aliphatic rings. The molecule has 0 N–H and O–H groups in total. The van der Waals surface area contributed by atoms with Crippen LogP contribution in [0, 0.1) is 28.6 Å². The van der Waals surface area contributed by atoms with Crippen molar-refractivity contribution in [1.29, 1.82) is 0 Å². The lowest BCUT2D eigenvalue weighted by molar-refractivity contribution is -0.169. The number of esters is 1. The maximum atomic E-state index is 13.3. The molecule has 0 amide bonds. The third-order valence-electron chi connectivity index (χ3n) is 11.0. The molecule has 1 aromatic carbocycles. The predicted octanol–water partition coefficient (Wildman–Crippen LogP) is 5.68. The summed E-state index contributed by atoms with van der Waals surface area (Å²) in [6.45, 7) is 6.16. The molecule has 8 atom stereocenters. The fraction of sp³-hybridized carbons (Fsp3) is 0.679. The summed E-state index contributed by atoms with van der Waals surface area (Å²) in [5.74, 6) is 1.13. The third kappa shape index (κ3) is 2.73. The summed E-state index contributed by atoms with van der Waals surface area (Å²) in [4.78, 5) is 38.9. The molecule has 6 heteroatoms. The highest BCUT2D eigenvalue weighted by atomic mass is 79.9. The highest BCUT2D eigenvalue weighted by Gasteiger charge is 2.77. The smallest absolute Gasteiger partial charge is 0.339 e. The minimum absolute atomic E-state index is 0.0192. The number of hydrogen-bond donors (Lipinski definition) is 0. The van der Waals surface area contributed by atoms with Gasteiger partial charge < -0.3 is 9.47 Å². The van der Waals surface area contributed by atoms with Gasteiger partial charge in [-0.2, -0.15) is 0 Å². The van der Waals surface area contributed by atoms with Crippen molar-refractivity contribution in [2.45, 2.75) is 89.4 Å². The Labute approximate surface area is 209 Å². The van der Waals surface area contributed by atoms with Crippen LogP contribution in [0.25, 0.3) is 0 Å². The van der Waals surface area contributed by atoms with Gasteiger partial charge in [-0.1, -0.05) is 29.8 Å². The number of carbonyl (C=O) groups excluding carboxylic acids is 3. The molecule has 1 heterocycles. The van der Waals surface area contributed by atoms with Crippen LogP contribution in [0.5, 0.6) is 0 Å². The fourth-order valence-electron chi connectivity index (χ4n) is 9.12. The van der Waals surface area contributed by atoms with Gasteiger partial charge in [0.05, 0.1) is 5.56 Å². The van der Waals surface area contributed by atoms with Crippen molar-refractivity contribution < 1.29 is 23.9 Å². The zero-order valence-corrected chi connectivity index (χ0v) is 21.8. The number of halogens is 1. The van der Waals surface area contributed by atoms with Crippen LogP contribution in [0.2, 0.25) is 0 Å². The van der Waals surface area contributed by atoms with Gasteiger partial charge in [0.25, 0.3) is 0 Å². The van der Waals surface area contributed by atoms with Crippen LogP contribution in [0.4, 0.5) is 0 Å². The van der Waals surface area contributed by atoms with Crippen LogP contribution in [-0.2, 0) is 19.1 Å². The van der Waals surface area contributed by atoms with Crippen molar-refractivity contribution in [3.05, 3.63) is 34.3 Å². The highest BCUT2D eigenvalue weighted by molar-refractivity contribution is 9.10. The number of ketones is 2. The minimum atomic E-state index is -1.08. The second kappa shape index (κ2) is 7.25. The minimum Gasteiger partial charge on any atom is -0.447 e. The van der Waals surface area contributed by atoms with E-state index in [4.69, 9.17) is 9.47 Å². The highest BCUT2D eigenvalue weighted by Crippen LogP contribution is 2.73. The van der Waals surface area contributed by atoms with Crippen LogP contribution in [-0.4, -0.2) is 34.8 Å². The number of fused-ring (bicyclic) bond motifs is 4. The van der Waals surface area contributed by atoms with E-state index in [2.05, 4.69) is 29.8 Å². The maximum Gasteiger partial charge on any atom is 0.339 e. The number of carbonyl (C=O) groups is 3. The molecule has 34 heavy (non-hydrogen) atoms. The number of hydrogen-bond acceptors (Lipinski definition) is 5. The lowest BCUT2D eigenvalue weighted by Crippen LogP contribution is -2.61. The van der Waals surface area contributed by atoms with E-state index in [-0.39, 0.29) is 34.1 Å². The van der Waals surface area contributed by atoms with Gasteiger partial charge in [0.15, 0.2) is 17.2 Å². The number of ether oxygens (including phenoxy) is 2. The Morgan fingerprint density at radius 3 is 2.35 bits per heavy atom. The normalized spacial score (nSPS) is 46.5. The van der Waals surface area contributed by atoms with Crippen molar-refractivity contribution in [3.8, 4) is 0 Å². The van der Waals surface area contributed by atoms with E-state index in [1.165, 1.54) is 0 Å². The summed E-state index contributed by atoms with van der Waals surface area (Å²) in [5, 5.41) is 0. The molecule has 0 unspecified atom stereocenters. The third-order valence-corrected chi connectivity index (χ3v) is 11.5. The monoisotopic (exact) mass is 528 g/mol. The molecule has 5 nitrogen and oxygen atoms in total. The Bertz CT molecular complexity index is 1080. The fourth-order valence-corrected chi connectivity index (χ4v) is 9.38. The summed E-state index contributed by atoms with van der Waals surface area (Å²) in [5.41, 5.74) is -1.21. The van der Waals surface area contributed by atoms with Crippen molar-refractivity contribution >= 4 is 33.5 Å². The molecular weight excluding hydrogens is 496 g/mol.